The average molecular weight is 385 g/mol. The number of aromatic nitrogens is 3. The summed E-state index contributed by atoms with van der Waals surface area (Å²) in [5, 5.41) is 0. The third-order valence-corrected chi connectivity index (χ3v) is 6.40. The van der Waals surface area contributed by atoms with E-state index in [1.54, 1.807) is 12.4 Å². The molecule has 1 amide bonds. The van der Waals surface area contributed by atoms with E-state index < -0.39 is 0 Å². The van der Waals surface area contributed by atoms with Gasteiger partial charge in [-0.2, -0.15) is 0 Å². The van der Waals surface area contributed by atoms with E-state index in [4.69, 9.17) is 0 Å². The number of hydrogen-bond acceptors (Lipinski definition) is 5. The van der Waals surface area contributed by atoms with Crippen LogP contribution in [0.1, 0.15) is 35.2 Å². The number of carbonyl (C=O) groups excluding carboxylic acids is 1. The van der Waals surface area contributed by atoms with E-state index in [0.717, 1.165) is 36.1 Å². The summed E-state index contributed by atoms with van der Waals surface area (Å²) < 4.78 is 0. The third-order valence-electron chi connectivity index (χ3n) is 6.40. The first-order valence-electron chi connectivity index (χ1n) is 9.98. The van der Waals surface area contributed by atoms with Gasteiger partial charge in [-0.3, -0.25) is 20.6 Å². The SMILES string of the molecule is Cc1nc(-c2cccnc2)nc(NNC(=O)C2CC23CCc2ccccc23)c1C. The molecule has 0 radical (unpaired) electrons. The minimum absolute atomic E-state index is 0.0136. The molecule has 0 aliphatic heterocycles. The molecule has 1 saturated carbocycles. The summed E-state index contributed by atoms with van der Waals surface area (Å²) in [5.74, 6) is 1.25. The maximum absolute atomic E-state index is 12.9. The van der Waals surface area contributed by atoms with Crippen molar-refractivity contribution in [1.29, 1.82) is 0 Å². The lowest BCUT2D eigenvalue weighted by Gasteiger charge is -2.15. The number of amides is 1. The van der Waals surface area contributed by atoms with E-state index in [2.05, 4.69) is 50.1 Å². The molecule has 2 unspecified atom stereocenters. The molecule has 6 nitrogen and oxygen atoms in total. The monoisotopic (exact) mass is 385 g/mol. The topological polar surface area (TPSA) is 79.8 Å². The predicted molar refractivity (Wildman–Crippen MR) is 111 cm³/mol. The van der Waals surface area contributed by atoms with Gasteiger partial charge in [-0.1, -0.05) is 24.3 Å². The van der Waals surface area contributed by atoms with Crippen LogP contribution >= 0.6 is 0 Å². The molecule has 2 aliphatic rings. The zero-order chi connectivity index (χ0) is 20.0. The molecule has 2 aliphatic carbocycles. The Bertz CT molecular complexity index is 1100. The number of aryl methyl sites for hydroxylation is 2. The number of nitrogens with zero attached hydrogens (tertiary/aromatic N) is 3. The molecule has 2 atom stereocenters. The van der Waals surface area contributed by atoms with Crippen LogP contribution in [0.5, 0.6) is 0 Å². The lowest BCUT2D eigenvalue weighted by atomic mass is 9.95. The number of fused-ring (bicyclic) bond motifs is 2. The first-order chi connectivity index (χ1) is 14.1. The first kappa shape index (κ1) is 17.8. The van der Waals surface area contributed by atoms with Crippen LogP contribution in [0.2, 0.25) is 0 Å². The Balaban J connectivity index is 1.32. The van der Waals surface area contributed by atoms with Gasteiger partial charge >= 0.3 is 0 Å². The van der Waals surface area contributed by atoms with Crippen molar-refractivity contribution in [3.05, 3.63) is 71.2 Å². The molecule has 3 aromatic rings. The van der Waals surface area contributed by atoms with Crippen molar-refractivity contribution in [1.82, 2.24) is 20.4 Å². The average Bonchev–Trinajstić information content (AvgIpc) is 3.38. The van der Waals surface area contributed by atoms with Crippen LogP contribution in [-0.4, -0.2) is 20.9 Å². The molecule has 146 valence electrons. The van der Waals surface area contributed by atoms with Crippen LogP contribution in [0.25, 0.3) is 11.4 Å². The van der Waals surface area contributed by atoms with Crippen LogP contribution in [0, 0.1) is 19.8 Å². The van der Waals surface area contributed by atoms with Crippen molar-refractivity contribution < 1.29 is 4.79 Å². The van der Waals surface area contributed by atoms with Crippen LogP contribution in [0.3, 0.4) is 0 Å². The van der Waals surface area contributed by atoms with Gasteiger partial charge in [0, 0.05) is 34.6 Å². The van der Waals surface area contributed by atoms with Crippen molar-refractivity contribution in [3.8, 4) is 11.4 Å². The molecule has 2 N–H and O–H groups in total. The van der Waals surface area contributed by atoms with Crippen molar-refractivity contribution in [3.63, 3.8) is 0 Å². The largest absolute Gasteiger partial charge is 0.282 e. The van der Waals surface area contributed by atoms with Gasteiger partial charge in [-0.05, 0) is 56.4 Å². The Hall–Kier alpha value is -3.28. The van der Waals surface area contributed by atoms with Gasteiger partial charge in [0.15, 0.2) is 11.6 Å². The maximum atomic E-state index is 12.9. The van der Waals surface area contributed by atoms with Gasteiger partial charge in [0.2, 0.25) is 5.91 Å². The fourth-order valence-electron chi connectivity index (χ4n) is 4.52. The minimum atomic E-state index is 0.0136. The Labute approximate surface area is 169 Å². The number of hydrogen-bond donors (Lipinski definition) is 2. The molecule has 1 aromatic carbocycles. The molecule has 29 heavy (non-hydrogen) atoms. The summed E-state index contributed by atoms with van der Waals surface area (Å²) in [7, 11) is 0. The number of hydrazine groups is 1. The first-order valence-corrected chi connectivity index (χ1v) is 9.98. The van der Waals surface area contributed by atoms with Crippen molar-refractivity contribution >= 4 is 11.7 Å². The fraction of sp³-hybridized carbons (Fsp3) is 0.304. The maximum Gasteiger partial charge on any atom is 0.242 e. The molecule has 5 rings (SSSR count). The van der Waals surface area contributed by atoms with Gasteiger partial charge in [0.25, 0.3) is 0 Å². The van der Waals surface area contributed by atoms with E-state index in [9.17, 15) is 4.79 Å². The second-order valence-electron chi connectivity index (χ2n) is 8.03. The Morgan fingerprint density at radius 2 is 2.00 bits per heavy atom. The van der Waals surface area contributed by atoms with Gasteiger partial charge in [0.1, 0.15) is 0 Å². The Kier molecular flexibility index (Phi) is 4.08. The molecular weight excluding hydrogens is 362 g/mol. The highest BCUT2D eigenvalue weighted by atomic mass is 16.2. The number of pyridine rings is 1. The highest BCUT2D eigenvalue weighted by Crippen LogP contribution is 2.61. The van der Waals surface area contributed by atoms with E-state index >= 15 is 0 Å². The lowest BCUT2D eigenvalue weighted by molar-refractivity contribution is -0.122. The van der Waals surface area contributed by atoms with Crippen molar-refractivity contribution in [2.24, 2.45) is 5.92 Å². The molecule has 2 heterocycles. The molecule has 6 heteroatoms. The summed E-state index contributed by atoms with van der Waals surface area (Å²) in [6.45, 7) is 3.89. The molecular formula is C23H23N5O. The number of carbonyl (C=O) groups is 1. The quantitative estimate of drug-likeness (QED) is 0.672. The minimum Gasteiger partial charge on any atom is -0.282 e. The summed E-state index contributed by atoms with van der Waals surface area (Å²) in [4.78, 5) is 26.2. The van der Waals surface area contributed by atoms with Crippen LogP contribution in [0.15, 0.2) is 48.8 Å². The van der Waals surface area contributed by atoms with Crippen molar-refractivity contribution in [2.75, 3.05) is 5.43 Å². The number of rotatable bonds is 4. The lowest BCUT2D eigenvalue weighted by Crippen LogP contribution is -2.33. The second-order valence-corrected chi connectivity index (χ2v) is 8.03. The van der Waals surface area contributed by atoms with Gasteiger partial charge in [0.05, 0.1) is 5.92 Å². The van der Waals surface area contributed by atoms with E-state index in [1.165, 1.54) is 11.1 Å². The molecule has 1 fully saturated rings. The number of anilines is 1. The zero-order valence-electron chi connectivity index (χ0n) is 16.6. The second kappa shape index (κ2) is 6.65. The van der Waals surface area contributed by atoms with E-state index in [-0.39, 0.29) is 17.2 Å². The zero-order valence-corrected chi connectivity index (χ0v) is 16.6. The molecule has 0 saturated heterocycles. The number of benzene rings is 1. The van der Waals surface area contributed by atoms with E-state index in [1.807, 2.05) is 26.0 Å². The van der Waals surface area contributed by atoms with Gasteiger partial charge in [-0.15, -0.1) is 0 Å². The van der Waals surface area contributed by atoms with E-state index in [0.29, 0.717) is 11.6 Å². The highest BCUT2D eigenvalue weighted by Gasteiger charge is 2.61. The summed E-state index contributed by atoms with van der Waals surface area (Å²) in [6.07, 6.45) is 6.49. The van der Waals surface area contributed by atoms with Gasteiger partial charge < -0.3 is 0 Å². The van der Waals surface area contributed by atoms with Crippen LogP contribution in [-0.2, 0) is 16.6 Å². The van der Waals surface area contributed by atoms with Crippen LogP contribution < -0.4 is 10.9 Å². The summed E-state index contributed by atoms with van der Waals surface area (Å²) >= 11 is 0. The molecule has 0 bridgehead atoms. The summed E-state index contributed by atoms with van der Waals surface area (Å²) in [6, 6.07) is 12.3. The highest BCUT2D eigenvalue weighted by molar-refractivity contribution is 5.86. The smallest absolute Gasteiger partial charge is 0.242 e. The third kappa shape index (κ3) is 2.95. The summed E-state index contributed by atoms with van der Waals surface area (Å²) in [5.41, 5.74) is 11.3. The predicted octanol–water partition coefficient (Wildman–Crippen LogP) is 3.50. The standard InChI is InChI=1S/C23H23N5O/c1-14-15(2)25-21(17-7-5-11-24-13-17)26-20(14)27-28-22(29)19-12-23(19)10-9-16-6-3-4-8-18(16)23/h3-8,11,13,19H,9-10,12H2,1-2H3,(H,28,29)(H,25,26,27). The normalized spacial score (nSPS) is 21.7. The Morgan fingerprint density at radius 3 is 2.83 bits per heavy atom. The van der Waals surface area contributed by atoms with Crippen LogP contribution in [0.4, 0.5) is 5.82 Å². The number of nitrogens with one attached hydrogen (secondary N) is 2. The Morgan fingerprint density at radius 1 is 1.14 bits per heavy atom. The van der Waals surface area contributed by atoms with Gasteiger partial charge in [-0.25, -0.2) is 9.97 Å². The fourth-order valence-corrected chi connectivity index (χ4v) is 4.52. The molecule has 1 spiro atoms. The molecule has 2 aromatic heterocycles. The van der Waals surface area contributed by atoms with Crippen molar-refractivity contribution in [2.45, 2.75) is 38.5 Å².